The first-order valence-corrected chi connectivity index (χ1v) is 9.34. The van der Waals surface area contributed by atoms with E-state index in [0.717, 1.165) is 5.56 Å². The number of fused-ring (bicyclic) bond motifs is 1. The van der Waals surface area contributed by atoms with Crippen LogP contribution in [0, 0.1) is 0 Å². The van der Waals surface area contributed by atoms with Crippen molar-refractivity contribution < 1.29 is 14.3 Å². The Morgan fingerprint density at radius 1 is 1.18 bits per heavy atom. The lowest BCUT2D eigenvalue weighted by Crippen LogP contribution is -2.08. The molecule has 0 aliphatic heterocycles. The summed E-state index contributed by atoms with van der Waals surface area (Å²) in [5, 5.41) is 9.01. The molecule has 3 heterocycles. The van der Waals surface area contributed by atoms with Gasteiger partial charge in [0.15, 0.2) is 11.4 Å². The minimum absolute atomic E-state index is 0.117. The molecule has 0 unspecified atom stereocenters. The normalized spacial score (nSPS) is 10.8. The van der Waals surface area contributed by atoms with Crippen molar-refractivity contribution in [2.45, 2.75) is 6.92 Å². The molecule has 7 nitrogen and oxygen atoms in total. The minimum atomic E-state index is -0.196. The van der Waals surface area contributed by atoms with Crippen LogP contribution in [-0.4, -0.2) is 33.4 Å². The molecule has 1 amide bonds. The van der Waals surface area contributed by atoms with Crippen molar-refractivity contribution in [3.63, 3.8) is 0 Å². The fourth-order valence-electron chi connectivity index (χ4n) is 3.04. The Morgan fingerprint density at radius 3 is 2.75 bits per heavy atom. The van der Waals surface area contributed by atoms with Crippen LogP contribution in [0.3, 0.4) is 0 Å². The van der Waals surface area contributed by atoms with Crippen LogP contribution in [0.25, 0.3) is 16.9 Å². The predicted octanol–water partition coefficient (Wildman–Crippen LogP) is 3.66. The maximum absolute atomic E-state index is 12.8. The molecule has 140 valence electrons. The van der Waals surface area contributed by atoms with Gasteiger partial charge in [0.2, 0.25) is 11.7 Å². The molecule has 0 aliphatic carbocycles. The number of amides is 1. The van der Waals surface area contributed by atoms with E-state index < -0.39 is 0 Å². The summed E-state index contributed by atoms with van der Waals surface area (Å²) in [6, 6.07) is 10.8. The molecule has 3 aromatic heterocycles. The molecule has 4 rings (SSSR count). The molecule has 28 heavy (non-hydrogen) atoms. The van der Waals surface area contributed by atoms with Crippen LogP contribution in [-0.2, 0) is 4.79 Å². The molecule has 8 heteroatoms. The van der Waals surface area contributed by atoms with E-state index in [2.05, 4.69) is 15.4 Å². The summed E-state index contributed by atoms with van der Waals surface area (Å²) >= 11 is 1.38. The highest BCUT2D eigenvalue weighted by molar-refractivity contribution is 7.12. The number of ketones is 1. The number of nitrogens with zero attached hydrogens (tertiary/aromatic N) is 3. The minimum Gasteiger partial charge on any atom is -0.494 e. The summed E-state index contributed by atoms with van der Waals surface area (Å²) in [4.78, 5) is 29.3. The van der Waals surface area contributed by atoms with Crippen molar-refractivity contribution in [3.05, 3.63) is 64.6 Å². The smallest absolute Gasteiger partial charge is 0.221 e. The number of rotatable bonds is 5. The second-order valence-corrected chi connectivity index (χ2v) is 6.95. The number of ether oxygens (including phenoxy) is 1. The van der Waals surface area contributed by atoms with E-state index in [9.17, 15) is 9.59 Å². The first kappa shape index (κ1) is 17.9. The summed E-state index contributed by atoms with van der Waals surface area (Å²) in [6.07, 6.45) is 3.15. The van der Waals surface area contributed by atoms with E-state index in [0.29, 0.717) is 33.2 Å². The monoisotopic (exact) mass is 392 g/mol. The van der Waals surface area contributed by atoms with Gasteiger partial charge in [-0.2, -0.15) is 5.10 Å². The second-order valence-electron chi connectivity index (χ2n) is 6.00. The third-order valence-electron chi connectivity index (χ3n) is 4.20. The summed E-state index contributed by atoms with van der Waals surface area (Å²) in [7, 11) is 1.54. The Balaban J connectivity index is 1.87. The van der Waals surface area contributed by atoms with Crippen LogP contribution < -0.4 is 10.1 Å². The number of nitrogens with one attached hydrogen (secondary N) is 1. The van der Waals surface area contributed by atoms with E-state index in [-0.39, 0.29) is 11.7 Å². The van der Waals surface area contributed by atoms with E-state index in [1.165, 1.54) is 31.6 Å². The molecule has 0 fully saturated rings. The molecule has 0 atom stereocenters. The van der Waals surface area contributed by atoms with Gasteiger partial charge in [0.05, 0.1) is 35.1 Å². The Kier molecular flexibility index (Phi) is 4.62. The molecule has 0 spiro atoms. The third-order valence-corrected chi connectivity index (χ3v) is 5.07. The molecule has 4 aromatic rings. The number of carbonyl (C=O) groups excluding carboxylic acids is 2. The Hall–Kier alpha value is -3.52. The Bertz CT molecular complexity index is 1180. The fourth-order valence-corrected chi connectivity index (χ4v) is 3.72. The number of methoxy groups -OCH3 is 1. The SMILES string of the molecule is COc1c(NC(C)=O)cccc1-c1ccnc2c(C(=O)c3cccs3)cnn12. The van der Waals surface area contributed by atoms with Crippen LogP contribution in [0.15, 0.2) is 54.2 Å². The zero-order chi connectivity index (χ0) is 19.7. The highest BCUT2D eigenvalue weighted by Gasteiger charge is 2.20. The lowest BCUT2D eigenvalue weighted by molar-refractivity contribution is -0.114. The van der Waals surface area contributed by atoms with Crippen molar-refractivity contribution in [1.29, 1.82) is 0 Å². The van der Waals surface area contributed by atoms with Gasteiger partial charge in [0.1, 0.15) is 0 Å². The van der Waals surface area contributed by atoms with Crippen molar-refractivity contribution >= 4 is 34.4 Å². The molecular formula is C20H16N4O3S. The van der Waals surface area contributed by atoms with Crippen LogP contribution >= 0.6 is 11.3 Å². The summed E-state index contributed by atoms with van der Waals surface area (Å²) in [5.74, 6) is 0.193. The van der Waals surface area contributed by atoms with Crippen molar-refractivity contribution in [2.24, 2.45) is 0 Å². The van der Waals surface area contributed by atoms with Crippen LogP contribution in [0.5, 0.6) is 5.75 Å². The lowest BCUT2D eigenvalue weighted by atomic mass is 10.1. The van der Waals surface area contributed by atoms with E-state index in [1.807, 2.05) is 23.6 Å². The second kappa shape index (κ2) is 7.24. The number of anilines is 1. The van der Waals surface area contributed by atoms with Gasteiger partial charge in [0.25, 0.3) is 0 Å². The van der Waals surface area contributed by atoms with Crippen LogP contribution in [0.4, 0.5) is 5.69 Å². The van der Waals surface area contributed by atoms with Gasteiger partial charge in [-0.25, -0.2) is 9.50 Å². The number of carbonyl (C=O) groups is 2. The summed E-state index contributed by atoms with van der Waals surface area (Å²) < 4.78 is 7.16. The fraction of sp³-hybridized carbons (Fsp3) is 0.100. The van der Waals surface area contributed by atoms with Gasteiger partial charge in [-0.05, 0) is 29.6 Å². The highest BCUT2D eigenvalue weighted by atomic mass is 32.1. The molecule has 0 aliphatic rings. The largest absolute Gasteiger partial charge is 0.494 e. The topological polar surface area (TPSA) is 85.6 Å². The van der Waals surface area contributed by atoms with Crippen molar-refractivity contribution in [2.75, 3.05) is 12.4 Å². The molecule has 1 N–H and O–H groups in total. The maximum Gasteiger partial charge on any atom is 0.221 e. The average molecular weight is 392 g/mol. The number of benzene rings is 1. The lowest BCUT2D eigenvalue weighted by Gasteiger charge is -2.14. The first-order chi connectivity index (χ1) is 13.6. The maximum atomic E-state index is 12.8. The summed E-state index contributed by atoms with van der Waals surface area (Å²) in [6.45, 7) is 1.44. The molecular weight excluding hydrogens is 376 g/mol. The zero-order valence-electron chi connectivity index (χ0n) is 15.2. The molecule has 0 bridgehead atoms. The molecule has 0 saturated carbocycles. The summed E-state index contributed by atoms with van der Waals surface area (Å²) in [5.41, 5.74) is 2.86. The van der Waals surface area contributed by atoms with E-state index in [4.69, 9.17) is 4.74 Å². The molecule has 0 saturated heterocycles. The van der Waals surface area contributed by atoms with Crippen LogP contribution in [0.2, 0.25) is 0 Å². The number of thiophene rings is 1. The first-order valence-electron chi connectivity index (χ1n) is 8.46. The Labute approximate surface area is 164 Å². The van der Waals surface area contributed by atoms with Gasteiger partial charge < -0.3 is 10.1 Å². The van der Waals surface area contributed by atoms with Gasteiger partial charge in [-0.1, -0.05) is 12.1 Å². The number of para-hydroxylation sites is 1. The van der Waals surface area contributed by atoms with Crippen molar-refractivity contribution in [3.8, 4) is 17.0 Å². The van der Waals surface area contributed by atoms with Gasteiger partial charge in [0, 0.05) is 18.7 Å². The third kappa shape index (κ3) is 3.03. The quantitative estimate of drug-likeness (QED) is 0.524. The van der Waals surface area contributed by atoms with Gasteiger partial charge in [-0.3, -0.25) is 9.59 Å². The van der Waals surface area contributed by atoms with E-state index in [1.54, 1.807) is 28.9 Å². The zero-order valence-corrected chi connectivity index (χ0v) is 16.0. The number of hydrogen-bond acceptors (Lipinski definition) is 6. The van der Waals surface area contributed by atoms with Crippen molar-refractivity contribution in [1.82, 2.24) is 14.6 Å². The molecule has 1 aromatic carbocycles. The number of aromatic nitrogens is 3. The number of hydrogen-bond donors (Lipinski definition) is 1. The van der Waals surface area contributed by atoms with Gasteiger partial charge >= 0.3 is 0 Å². The molecule has 0 radical (unpaired) electrons. The highest BCUT2D eigenvalue weighted by Crippen LogP contribution is 2.36. The van der Waals surface area contributed by atoms with Gasteiger partial charge in [-0.15, -0.1) is 11.3 Å². The standard InChI is InChI=1S/C20H16N4O3S/c1-12(25)23-15-6-3-5-13(19(15)27-2)16-8-9-21-20-14(11-22-24(16)20)18(26)17-7-4-10-28-17/h3-11H,1-2H3,(H,23,25). The Morgan fingerprint density at radius 2 is 2.04 bits per heavy atom. The average Bonchev–Trinajstić information content (AvgIpc) is 3.36. The van der Waals surface area contributed by atoms with Crippen LogP contribution in [0.1, 0.15) is 22.2 Å². The predicted molar refractivity (Wildman–Crippen MR) is 107 cm³/mol. The van der Waals surface area contributed by atoms with E-state index >= 15 is 0 Å².